The predicted molar refractivity (Wildman–Crippen MR) is 101 cm³/mol. The molecule has 1 atom stereocenters. The van der Waals surface area contributed by atoms with Crippen molar-refractivity contribution in [3.8, 4) is 0 Å². The van der Waals surface area contributed by atoms with Crippen LogP contribution >= 0.6 is 0 Å². The molecule has 1 saturated heterocycles. The molecule has 4 rings (SSSR count). The predicted octanol–water partition coefficient (Wildman–Crippen LogP) is 3.06. The summed E-state index contributed by atoms with van der Waals surface area (Å²) < 4.78 is 41.5. The third-order valence-electron chi connectivity index (χ3n) is 4.60. The van der Waals surface area contributed by atoms with Crippen LogP contribution in [0.5, 0.6) is 0 Å². The van der Waals surface area contributed by atoms with Gasteiger partial charge in [0.15, 0.2) is 0 Å². The Bertz CT molecular complexity index is 1130. The molecule has 3 aromatic carbocycles. The number of rotatable bonds is 4. The van der Waals surface area contributed by atoms with Crippen molar-refractivity contribution in [3.63, 3.8) is 0 Å². The van der Waals surface area contributed by atoms with Gasteiger partial charge in [0, 0.05) is 24.7 Å². The van der Waals surface area contributed by atoms with Crippen LogP contribution in [0.25, 0.3) is 10.8 Å². The summed E-state index contributed by atoms with van der Waals surface area (Å²) in [7, 11) is -3.78. The van der Waals surface area contributed by atoms with E-state index in [9.17, 15) is 17.6 Å². The molecule has 0 aliphatic carbocycles. The van der Waals surface area contributed by atoms with Gasteiger partial charge in [0.1, 0.15) is 5.82 Å². The summed E-state index contributed by atoms with van der Waals surface area (Å²) >= 11 is 0. The lowest BCUT2D eigenvalue weighted by atomic mass is 10.1. The van der Waals surface area contributed by atoms with Crippen LogP contribution in [0, 0.1) is 5.82 Å². The van der Waals surface area contributed by atoms with E-state index in [1.807, 2.05) is 24.3 Å². The van der Waals surface area contributed by atoms with Gasteiger partial charge in [0.05, 0.1) is 4.90 Å². The Hall–Kier alpha value is -2.77. The maximum atomic E-state index is 13.4. The second kappa shape index (κ2) is 6.75. The zero-order valence-corrected chi connectivity index (χ0v) is 15.1. The first kappa shape index (κ1) is 17.6. The van der Waals surface area contributed by atoms with E-state index < -0.39 is 21.9 Å². The first-order valence-corrected chi connectivity index (χ1v) is 9.98. The number of hydrogen-bond donors (Lipinski definition) is 1. The first-order valence-electron chi connectivity index (χ1n) is 8.49. The minimum atomic E-state index is -3.78. The number of carbonyl (C=O) groups excluding carboxylic acids is 1. The van der Waals surface area contributed by atoms with Gasteiger partial charge in [-0.05, 0) is 41.1 Å². The number of sulfonamides is 1. The van der Waals surface area contributed by atoms with Gasteiger partial charge in [-0.15, -0.1) is 0 Å². The Balaban J connectivity index is 1.55. The van der Waals surface area contributed by atoms with E-state index >= 15 is 0 Å². The van der Waals surface area contributed by atoms with Crippen molar-refractivity contribution in [2.24, 2.45) is 0 Å². The number of nitrogens with one attached hydrogen (secondary N) is 1. The zero-order valence-electron chi connectivity index (χ0n) is 14.3. The van der Waals surface area contributed by atoms with E-state index in [1.54, 1.807) is 24.3 Å². The molecule has 7 heteroatoms. The standard InChI is InChI=1S/C20H17FN2O3S/c21-16-6-3-7-18(11-16)23-13-17(12-20(23)24)22-27(25,26)19-9-8-14-4-1-2-5-15(14)10-19/h1-11,17,22H,12-13H2. The van der Waals surface area contributed by atoms with Crippen LogP contribution in [0.4, 0.5) is 10.1 Å². The average molecular weight is 384 g/mol. The lowest BCUT2D eigenvalue weighted by molar-refractivity contribution is -0.117. The largest absolute Gasteiger partial charge is 0.311 e. The topological polar surface area (TPSA) is 66.5 Å². The number of benzene rings is 3. The number of hydrogen-bond acceptors (Lipinski definition) is 3. The summed E-state index contributed by atoms with van der Waals surface area (Å²) in [5, 5.41) is 1.77. The van der Waals surface area contributed by atoms with Crippen LogP contribution in [0.1, 0.15) is 6.42 Å². The fourth-order valence-electron chi connectivity index (χ4n) is 3.30. The second-order valence-corrected chi connectivity index (χ2v) is 8.23. The third-order valence-corrected chi connectivity index (χ3v) is 6.12. The molecule has 138 valence electrons. The molecular formula is C20H17FN2O3S. The van der Waals surface area contributed by atoms with Crippen LogP contribution in [0.15, 0.2) is 71.6 Å². The molecule has 0 bridgehead atoms. The molecule has 0 spiro atoms. The number of fused-ring (bicyclic) bond motifs is 1. The number of amides is 1. The summed E-state index contributed by atoms with van der Waals surface area (Å²) in [6.07, 6.45) is 0.0311. The van der Waals surface area contributed by atoms with Gasteiger partial charge in [-0.1, -0.05) is 36.4 Å². The van der Waals surface area contributed by atoms with E-state index in [-0.39, 0.29) is 23.8 Å². The molecule has 1 fully saturated rings. The zero-order chi connectivity index (χ0) is 19.0. The minimum Gasteiger partial charge on any atom is -0.311 e. The van der Waals surface area contributed by atoms with Crippen LogP contribution in [0.2, 0.25) is 0 Å². The summed E-state index contributed by atoms with van der Waals surface area (Å²) in [6.45, 7) is 0.162. The number of halogens is 1. The number of nitrogens with zero attached hydrogens (tertiary/aromatic N) is 1. The van der Waals surface area contributed by atoms with Crippen molar-refractivity contribution in [2.45, 2.75) is 17.4 Å². The Morgan fingerprint density at radius 1 is 0.963 bits per heavy atom. The van der Waals surface area contributed by atoms with Crippen molar-refractivity contribution in [1.82, 2.24) is 4.72 Å². The molecule has 5 nitrogen and oxygen atoms in total. The Morgan fingerprint density at radius 3 is 2.52 bits per heavy atom. The Labute approximate surface area is 156 Å². The van der Waals surface area contributed by atoms with Crippen molar-refractivity contribution >= 4 is 32.4 Å². The van der Waals surface area contributed by atoms with E-state index in [1.165, 1.54) is 23.1 Å². The first-order chi connectivity index (χ1) is 12.9. The summed E-state index contributed by atoms with van der Waals surface area (Å²) in [5.41, 5.74) is 0.424. The average Bonchev–Trinajstić information content (AvgIpc) is 3.00. The van der Waals surface area contributed by atoms with E-state index in [2.05, 4.69) is 4.72 Å². The van der Waals surface area contributed by atoms with Crippen LogP contribution in [-0.2, 0) is 14.8 Å². The minimum absolute atomic E-state index is 0.0311. The van der Waals surface area contributed by atoms with Gasteiger partial charge in [0.2, 0.25) is 15.9 Å². The molecule has 1 aliphatic rings. The molecule has 0 radical (unpaired) electrons. The molecule has 1 aliphatic heterocycles. The van der Waals surface area contributed by atoms with E-state index in [4.69, 9.17) is 0 Å². The smallest absolute Gasteiger partial charge is 0.240 e. The van der Waals surface area contributed by atoms with Crippen molar-refractivity contribution in [1.29, 1.82) is 0 Å². The molecule has 0 aromatic heterocycles. The van der Waals surface area contributed by atoms with Gasteiger partial charge in [-0.25, -0.2) is 17.5 Å². The molecule has 1 amide bonds. The quantitative estimate of drug-likeness (QED) is 0.752. The summed E-state index contributed by atoms with van der Waals surface area (Å²) in [5.74, 6) is -0.688. The Morgan fingerprint density at radius 2 is 1.74 bits per heavy atom. The molecule has 1 N–H and O–H groups in total. The van der Waals surface area contributed by atoms with Crippen LogP contribution in [0.3, 0.4) is 0 Å². The normalized spacial score (nSPS) is 17.6. The molecule has 1 heterocycles. The maximum absolute atomic E-state index is 13.4. The molecule has 0 saturated carbocycles. The lowest BCUT2D eigenvalue weighted by Crippen LogP contribution is -2.37. The lowest BCUT2D eigenvalue weighted by Gasteiger charge is -2.17. The van der Waals surface area contributed by atoms with Crippen LogP contribution < -0.4 is 9.62 Å². The van der Waals surface area contributed by atoms with Crippen molar-refractivity contribution in [2.75, 3.05) is 11.4 Å². The highest BCUT2D eigenvalue weighted by molar-refractivity contribution is 7.89. The SMILES string of the molecule is O=C1CC(NS(=O)(=O)c2ccc3ccccc3c2)CN1c1cccc(F)c1. The molecule has 1 unspecified atom stereocenters. The highest BCUT2D eigenvalue weighted by Crippen LogP contribution is 2.24. The fourth-order valence-corrected chi connectivity index (χ4v) is 4.56. The van der Waals surface area contributed by atoms with Crippen molar-refractivity contribution in [3.05, 3.63) is 72.5 Å². The van der Waals surface area contributed by atoms with Gasteiger partial charge in [0.25, 0.3) is 0 Å². The van der Waals surface area contributed by atoms with Gasteiger partial charge >= 0.3 is 0 Å². The van der Waals surface area contributed by atoms with E-state index in [0.717, 1.165) is 10.8 Å². The molecule has 3 aromatic rings. The van der Waals surface area contributed by atoms with Gasteiger partial charge in [-0.3, -0.25) is 4.79 Å². The number of carbonyl (C=O) groups is 1. The second-order valence-electron chi connectivity index (χ2n) is 6.52. The molecule has 27 heavy (non-hydrogen) atoms. The van der Waals surface area contributed by atoms with Crippen molar-refractivity contribution < 1.29 is 17.6 Å². The van der Waals surface area contributed by atoms with E-state index in [0.29, 0.717) is 5.69 Å². The highest BCUT2D eigenvalue weighted by Gasteiger charge is 2.33. The van der Waals surface area contributed by atoms with Gasteiger partial charge < -0.3 is 4.90 Å². The maximum Gasteiger partial charge on any atom is 0.240 e. The monoisotopic (exact) mass is 384 g/mol. The number of anilines is 1. The van der Waals surface area contributed by atoms with Gasteiger partial charge in [-0.2, -0.15) is 0 Å². The fraction of sp³-hybridized carbons (Fsp3) is 0.150. The Kier molecular flexibility index (Phi) is 4.41. The highest BCUT2D eigenvalue weighted by atomic mass is 32.2. The molecular weight excluding hydrogens is 367 g/mol. The summed E-state index contributed by atoms with van der Waals surface area (Å²) in [6, 6.07) is 17.5. The summed E-state index contributed by atoms with van der Waals surface area (Å²) in [4.78, 5) is 13.8. The van der Waals surface area contributed by atoms with Crippen LogP contribution in [-0.4, -0.2) is 26.9 Å². The third kappa shape index (κ3) is 3.56.